The van der Waals surface area contributed by atoms with E-state index in [2.05, 4.69) is 61.9 Å². The van der Waals surface area contributed by atoms with E-state index in [4.69, 9.17) is 15.0 Å². The third-order valence-corrected chi connectivity index (χ3v) is 7.45. The topological polar surface area (TPSA) is 73.2 Å². The van der Waals surface area contributed by atoms with Crippen LogP contribution in [-0.2, 0) is 9.31 Å². The molecular weight excluding hydrogens is 349 g/mol. The van der Waals surface area contributed by atoms with Gasteiger partial charge in [0.05, 0.1) is 29.1 Å². The van der Waals surface area contributed by atoms with Gasteiger partial charge in [0.2, 0.25) is 0 Å². The van der Waals surface area contributed by atoms with Crippen molar-refractivity contribution in [2.75, 3.05) is 0 Å². The summed E-state index contributed by atoms with van der Waals surface area (Å²) in [5.74, 6) is 3.37. The number of hydrogen-bond donors (Lipinski definition) is 2. The molecule has 0 bridgehead atoms. The van der Waals surface area contributed by atoms with Crippen LogP contribution in [0.1, 0.15) is 58.8 Å². The van der Waals surface area contributed by atoms with Gasteiger partial charge >= 0.3 is 7.12 Å². The molecule has 3 unspecified atom stereocenters. The Balaban J connectivity index is 1.29. The Morgan fingerprint density at radius 1 is 1.04 bits per heavy atom. The zero-order valence-electron chi connectivity index (χ0n) is 17.2. The summed E-state index contributed by atoms with van der Waals surface area (Å²) in [6.07, 6.45) is 5.85. The number of aromatic amines is 1. The van der Waals surface area contributed by atoms with E-state index in [1.54, 1.807) is 0 Å². The Morgan fingerprint density at radius 2 is 1.64 bits per heavy atom. The zero-order chi connectivity index (χ0) is 19.7. The van der Waals surface area contributed by atoms with Crippen molar-refractivity contribution in [2.24, 2.45) is 23.5 Å². The molecule has 1 aromatic heterocycles. The van der Waals surface area contributed by atoms with Crippen LogP contribution in [0.25, 0.3) is 11.3 Å². The van der Waals surface area contributed by atoms with Crippen molar-refractivity contribution in [2.45, 2.75) is 64.2 Å². The summed E-state index contributed by atoms with van der Waals surface area (Å²) in [5, 5.41) is 0. The van der Waals surface area contributed by atoms with E-state index in [1.165, 1.54) is 19.3 Å². The molecule has 2 aliphatic carbocycles. The minimum atomic E-state index is -0.335. The summed E-state index contributed by atoms with van der Waals surface area (Å²) in [5.41, 5.74) is 8.99. The Bertz CT molecular complexity index is 850. The minimum Gasteiger partial charge on any atom is -0.399 e. The Hall–Kier alpha value is -1.63. The fourth-order valence-electron chi connectivity index (χ4n) is 4.73. The summed E-state index contributed by atoms with van der Waals surface area (Å²) >= 11 is 0. The van der Waals surface area contributed by atoms with Gasteiger partial charge in [-0.05, 0) is 75.7 Å². The van der Waals surface area contributed by atoms with Crippen molar-refractivity contribution in [3.63, 3.8) is 0 Å². The summed E-state index contributed by atoms with van der Waals surface area (Å²) in [6, 6.07) is 8.35. The number of hydrogen-bond acceptors (Lipinski definition) is 4. The van der Waals surface area contributed by atoms with E-state index in [0.717, 1.165) is 34.4 Å². The molecule has 1 aliphatic heterocycles. The molecule has 0 amide bonds. The lowest BCUT2D eigenvalue weighted by molar-refractivity contribution is 0.00578. The molecule has 3 atom stereocenters. The van der Waals surface area contributed by atoms with Crippen LogP contribution in [0.4, 0.5) is 0 Å². The van der Waals surface area contributed by atoms with Gasteiger partial charge in [-0.25, -0.2) is 4.98 Å². The maximum Gasteiger partial charge on any atom is 0.494 e. The molecule has 1 aromatic carbocycles. The van der Waals surface area contributed by atoms with E-state index in [-0.39, 0.29) is 24.4 Å². The van der Waals surface area contributed by atoms with Crippen LogP contribution < -0.4 is 11.2 Å². The second-order valence-corrected chi connectivity index (χ2v) is 9.91. The third kappa shape index (κ3) is 3.02. The highest BCUT2D eigenvalue weighted by molar-refractivity contribution is 6.62. The molecule has 28 heavy (non-hydrogen) atoms. The van der Waals surface area contributed by atoms with Crippen molar-refractivity contribution in [1.82, 2.24) is 9.97 Å². The molecule has 3 fully saturated rings. The van der Waals surface area contributed by atoms with Crippen LogP contribution in [0.2, 0.25) is 0 Å². The van der Waals surface area contributed by atoms with Gasteiger partial charge in [-0.3, -0.25) is 0 Å². The number of aromatic nitrogens is 2. The molecule has 5 nitrogen and oxygen atoms in total. The molecule has 2 aromatic rings. The lowest BCUT2D eigenvalue weighted by Crippen LogP contribution is -2.41. The molecule has 148 valence electrons. The largest absolute Gasteiger partial charge is 0.494 e. The molecule has 0 spiro atoms. The van der Waals surface area contributed by atoms with E-state index < -0.39 is 0 Å². The van der Waals surface area contributed by atoms with E-state index >= 15 is 0 Å². The molecule has 3 aliphatic rings. The fourth-order valence-corrected chi connectivity index (χ4v) is 4.73. The van der Waals surface area contributed by atoms with Crippen molar-refractivity contribution in [1.29, 1.82) is 0 Å². The molecule has 0 radical (unpaired) electrons. The normalized spacial score (nSPS) is 31.0. The number of fused-ring (bicyclic) bond motifs is 1. The van der Waals surface area contributed by atoms with Gasteiger partial charge in [0, 0.05) is 0 Å². The predicted octanol–water partition coefficient (Wildman–Crippen LogP) is 3.42. The average Bonchev–Trinajstić information content (AvgIpc) is 3.01. The first-order valence-electron chi connectivity index (χ1n) is 10.5. The van der Waals surface area contributed by atoms with Gasteiger partial charge in [-0.1, -0.05) is 24.3 Å². The minimum absolute atomic E-state index is 0.0191. The fraction of sp³-hybridized carbons (Fsp3) is 0.591. The van der Waals surface area contributed by atoms with Gasteiger partial charge in [0.25, 0.3) is 0 Å². The summed E-state index contributed by atoms with van der Waals surface area (Å²) in [6.45, 7) is 8.30. The quantitative estimate of drug-likeness (QED) is 0.799. The number of nitrogens with one attached hydrogen (secondary N) is 1. The number of imidazole rings is 1. The third-order valence-electron chi connectivity index (χ3n) is 7.45. The maximum absolute atomic E-state index is 6.51. The molecule has 1 saturated heterocycles. The second-order valence-electron chi connectivity index (χ2n) is 9.91. The maximum atomic E-state index is 6.51. The average molecular weight is 379 g/mol. The van der Waals surface area contributed by atoms with E-state index in [9.17, 15) is 0 Å². The van der Waals surface area contributed by atoms with Gasteiger partial charge in [0.1, 0.15) is 5.82 Å². The Labute approximate surface area is 167 Å². The molecule has 2 saturated carbocycles. The first-order chi connectivity index (χ1) is 13.2. The lowest BCUT2D eigenvalue weighted by atomic mass is 9.79. The number of benzene rings is 1. The zero-order valence-corrected chi connectivity index (χ0v) is 17.2. The van der Waals surface area contributed by atoms with E-state index in [1.807, 2.05) is 6.20 Å². The van der Waals surface area contributed by atoms with Crippen LogP contribution in [0, 0.1) is 17.8 Å². The monoisotopic (exact) mass is 379 g/mol. The van der Waals surface area contributed by atoms with Gasteiger partial charge in [0.15, 0.2) is 0 Å². The number of nitrogens with zero attached hydrogens (tertiary/aromatic N) is 1. The van der Waals surface area contributed by atoms with Crippen LogP contribution >= 0.6 is 0 Å². The Morgan fingerprint density at radius 3 is 2.25 bits per heavy atom. The molecular formula is C22H30BN3O2. The summed E-state index contributed by atoms with van der Waals surface area (Å²) in [4.78, 5) is 8.04. The van der Waals surface area contributed by atoms with Crippen molar-refractivity contribution in [3.05, 3.63) is 36.3 Å². The first-order valence-corrected chi connectivity index (χ1v) is 10.5. The number of nitrogens with two attached hydrogens (primary N) is 1. The lowest BCUT2D eigenvalue weighted by Gasteiger charge is -2.32. The van der Waals surface area contributed by atoms with Gasteiger partial charge in [-0.15, -0.1) is 0 Å². The molecule has 6 heteroatoms. The molecule has 2 heterocycles. The Kier molecular flexibility index (Phi) is 4.07. The highest BCUT2D eigenvalue weighted by Crippen LogP contribution is 2.56. The van der Waals surface area contributed by atoms with Crippen molar-refractivity contribution >= 4 is 12.6 Å². The second kappa shape index (κ2) is 6.18. The predicted molar refractivity (Wildman–Crippen MR) is 111 cm³/mol. The van der Waals surface area contributed by atoms with Gasteiger partial charge in [-0.2, -0.15) is 0 Å². The standard InChI is InChI=1S/C22H30BN3O2/c1-21(2)22(3,4)28-23(27-21)17-7-5-13(6-8-17)18-12-25-20(26-18)19(24)16-10-14-9-15(14)11-16/h5-8,12,14-16,19H,9-11,24H2,1-4H3,(H,25,26). The van der Waals surface area contributed by atoms with Crippen LogP contribution in [-0.4, -0.2) is 28.3 Å². The first kappa shape index (κ1) is 18.4. The highest BCUT2D eigenvalue weighted by Gasteiger charge is 2.51. The van der Waals surface area contributed by atoms with E-state index in [0.29, 0.717) is 5.92 Å². The van der Waals surface area contributed by atoms with Crippen molar-refractivity contribution < 1.29 is 9.31 Å². The van der Waals surface area contributed by atoms with Crippen LogP contribution in [0.15, 0.2) is 30.5 Å². The highest BCUT2D eigenvalue weighted by atomic mass is 16.7. The summed E-state index contributed by atoms with van der Waals surface area (Å²) in [7, 11) is -0.335. The molecule has 3 N–H and O–H groups in total. The number of rotatable bonds is 4. The van der Waals surface area contributed by atoms with Crippen molar-refractivity contribution in [3.8, 4) is 11.3 Å². The van der Waals surface area contributed by atoms with Gasteiger partial charge < -0.3 is 20.0 Å². The number of H-pyrrole nitrogens is 1. The summed E-state index contributed by atoms with van der Waals surface area (Å²) < 4.78 is 12.3. The van der Waals surface area contributed by atoms with Crippen LogP contribution in [0.5, 0.6) is 0 Å². The SMILES string of the molecule is CC1(C)OB(c2ccc(-c3cnc(C(N)C4CC5CC5C4)[nH]3)cc2)OC1(C)C. The van der Waals surface area contributed by atoms with Crippen LogP contribution in [0.3, 0.4) is 0 Å². The molecule has 5 rings (SSSR count). The smallest absolute Gasteiger partial charge is 0.399 e.